The topological polar surface area (TPSA) is 102 Å². The van der Waals surface area contributed by atoms with Crippen molar-refractivity contribution in [3.8, 4) is 11.5 Å². The number of unbranched alkanes of at least 4 members (excludes halogenated alkanes) is 1. The van der Waals surface area contributed by atoms with Crippen LogP contribution in [0.3, 0.4) is 0 Å². The van der Waals surface area contributed by atoms with E-state index in [1.54, 1.807) is 55.6 Å². The number of thioether (sulfide) groups is 1. The Balaban J connectivity index is 1.51. The number of aliphatic hydroxyl groups is 1. The molecular formula is C31H29N3O5S2. The van der Waals surface area contributed by atoms with Crippen LogP contribution in [-0.2, 0) is 15.3 Å². The van der Waals surface area contributed by atoms with E-state index in [9.17, 15) is 14.7 Å². The summed E-state index contributed by atoms with van der Waals surface area (Å²) in [7, 11) is 1.54. The monoisotopic (exact) mass is 587 g/mol. The molecule has 1 N–H and O–H groups in total. The number of rotatable bonds is 11. The Labute approximate surface area is 246 Å². The number of nitrogens with zero attached hydrogens (tertiary/aromatic N) is 3. The number of hydrogen-bond acceptors (Lipinski definition) is 9. The molecule has 1 fully saturated rings. The van der Waals surface area contributed by atoms with Crippen LogP contribution in [-0.4, -0.2) is 40.7 Å². The first-order valence-electron chi connectivity index (χ1n) is 13.2. The van der Waals surface area contributed by atoms with Crippen molar-refractivity contribution >= 4 is 45.7 Å². The molecule has 8 nitrogen and oxygen atoms in total. The lowest BCUT2D eigenvalue weighted by molar-refractivity contribution is -0.132. The van der Waals surface area contributed by atoms with Gasteiger partial charge in [0.05, 0.1) is 25.3 Å². The van der Waals surface area contributed by atoms with Gasteiger partial charge in [0.25, 0.3) is 5.78 Å². The summed E-state index contributed by atoms with van der Waals surface area (Å²) in [6, 6.07) is 23.0. The number of aliphatic hydroxyl groups excluding tert-OH is 1. The Bertz CT molecular complexity index is 1550. The smallest absolute Gasteiger partial charge is 0.301 e. The fourth-order valence-corrected chi connectivity index (χ4v) is 6.26. The van der Waals surface area contributed by atoms with Crippen LogP contribution >= 0.6 is 23.1 Å². The predicted molar refractivity (Wildman–Crippen MR) is 161 cm³/mol. The van der Waals surface area contributed by atoms with Gasteiger partial charge in [0.2, 0.25) is 5.13 Å². The van der Waals surface area contributed by atoms with E-state index < -0.39 is 17.7 Å². The third-order valence-corrected chi connectivity index (χ3v) is 8.68. The second-order valence-electron chi connectivity index (χ2n) is 9.30. The predicted octanol–water partition coefficient (Wildman–Crippen LogP) is 6.64. The number of benzene rings is 3. The van der Waals surface area contributed by atoms with Gasteiger partial charge in [0.1, 0.15) is 17.3 Å². The fourth-order valence-electron chi connectivity index (χ4n) is 4.43. The van der Waals surface area contributed by atoms with Crippen molar-refractivity contribution in [3.05, 3.63) is 101 Å². The Hall–Kier alpha value is -4.15. The molecule has 3 aromatic carbocycles. The maximum atomic E-state index is 13.5. The van der Waals surface area contributed by atoms with Crippen molar-refractivity contribution in [3.63, 3.8) is 0 Å². The lowest BCUT2D eigenvalue weighted by Crippen LogP contribution is -2.29. The molecule has 0 saturated carbocycles. The first kappa shape index (κ1) is 28.4. The average Bonchev–Trinajstić information content (AvgIpc) is 3.58. The first-order chi connectivity index (χ1) is 20.0. The number of ketones is 1. The maximum absolute atomic E-state index is 13.5. The van der Waals surface area contributed by atoms with Crippen LogP contribution in [0.1, 0.15) is 42.5 Å². The largest absolute Gasteiger partial charge is 0.507 e. The van der Waals surface area contributed by atoms with E-state index in [2.05, 4.69) is 17.1 Å². The molecule has 10 heteroatoms. The number of amides is 1. The van der Waals surface area contributed by atoms with Gasteiger partial charge in [0, 0.05) is 11.3 Å². The minimum atomic E-state index is -0.925. The van der Waals surface area contributed by atoms with Gasteiger partial charge in [-0.05, 0) is 53.9 Å². The van der Waals surface area contributed by atoms with E-state index in [0.29, 0.717) is 39.3 Å². The van der Waals surface area contributed by atoms with Gasteiger partial charge in [-0.15, -0.1) is 10.2 Å². The number of ether oxygens (including phenoxy) is 2. The number of carbonyl (C=O) groups is 2. The van der Waals surface area contributed by atoms with E-state index in [4.69, 9.17) is 9.47 Å². The Morgan fingerprint density at radius 2 is 1.78 bits per heavy atom. The highest BCUT2D eigenvalue weighted by atomic mass is 32.2. The molecule has 41 heavy (non-hydrogen) atoms. The standard InChI is InChI=1S/C31H29N3O5S2/c1-3-4-17-39-23-15-13-21(14-16-23)27(35)25-26(22-11-8-12-24(18-22)38-2)34(29(37)28(25)36)30-32-33-31(41-30)40-19-20-9-6-5-7-10-20/h5-16,18,26,35H,3-4,17,19H2,1-2H3. The molecule has 2 heterocycles. The molecule has 5 rings (SSSR count). The highest BCUT2D eigenvalue weighted by Crippen LogP contribution is 2.44. The molecule has 210 valence electrons. The van der Waals surface area contributed by atoms with Gasteiger partial charge < -0.3 is 14.6 Å². The summed E-state index contributed by atoms with van der Waals surface area (Å²) in [5, 5.41) is 20.2. The van der Waals surface area contributed by atoms with Crippen LogP contribution in [0.4, 0.5) is 5.13 Å². The third-order valence-electron chi connectivity index (χ3n) is 6.56. The molecule has 1 amide bonds. The van der Waals surface area contributed by atoms with E-state index in [1.165, 1.54) is 28.0 Å². The quantitative estimate of drug-likeness (QED) is 0.0520. The van der Waals surface area contributed by atoms with Gasteiger partial charge in [-0.1, -0.05) is 78.9 Å². The lowest BCUT2D eigenvalue weighted by atomic mass is 9.95. The molecule has 1 unspecified atom stereocenters. The molecule has 0 radical (unpaired) electrons. The highest BCUT2D eigenvalue weighted by Gasteiger charge is 2.48. The molecule has 1 aliphatic heterocycles. The molecule has 1 aromatic heterocycles. The molecule has 0 spiro atoms. The molecule has 0 bridgehead atoms. The summed E-state index contributed by atoms with van der Waals surface area (Å²) in [6.45, 7) is 2.68. The first-order valence-corrected chi connectivity index (χ1v) is 15.0. The van der Waals surface area contributed by atoms with Gasteiger partial charge in [-0.25, -0.2) is 0 Å². The Morgan fingerprint density at radius 1 is 1.00 bits per heavy atom. The van der Waals surface area contributed by atoms with Gasteiger partial charge in [-0.3, -0.25) is 14.5 Å². The van der Waals surface area contributed by atoms with Crippen molar-refractivity contribution in [2.45, 2.75) is 35.9 Å². The van der Waals surface area contributed by atoms with Gasteiger partial charge in [-0.2, -0.15) is 0 Å². The van der Waals surface area contributed by atoms with Crippen LogP contribution in [0.5, 0.6) is 11.5 Å². The van der Waals surface area contributed by atoms with Crippen LogP contribution in [0, 0.1) is 0 Å². The lowest BCUT2D eigenvalue weighted by Gasteiger charge is -2.23. The second-order valence-corrected chi connectivity index (χ2v) is 11.5. The number of carbonyl (C=O) groups excluding carboxylic acids is 2. The minimum Gasteiger partial charge on any atom is -0.507 e. The van der Waals surface area contributed by atoms with Crippen molar-refractivity contribution in [2.75, 3.05) is 18.6 Å². The van der Waals surface area contributed by atoms with Crippen molar-refractivity contribution in [1.29, 1.82) is 0 Å². The zero-order valence-electron chi connectivity index (χ0n) is 22.6. The maximum Gasteiger partial charge on any atom is 0.301 e. The summed E-state index contributed by atoms with van der Waals surface area (Å²) < 4.78 is 11.8. The number of aromatic nitrogens is 2. The van der Waals surface area contributed by atoms with Crippen molar-refractivity contribution in [1.82, 2.24) is 10.2 Å². The molecule has 1 aliphatic rings. The van der Waals surface area contributed by atoms with Crippen LogP contribution in [0.15, 0.2) is 88.8 Å². The number of anilines is 1. The van der Waals surface area contributed by atoms with Gasteiger partial charge >= 0.3 is 5.91 Å². The zero-order valence-corrected chi connectivity index (χ0v) is 24.3. The van der Waals surface area contributed by atoms with Gasteiger partial charge in [0.15, 0.2) is 4.34 Å². The molecule has 0 aliphatic carbocycles. The Kier molecular flexibility index (Phi) is 9.01. The SMILES string of the molecule is CCCCOc1ccc(C(O)=C2C(=O)C(=O)N(c3nnc(SCc4ccccc4)s3)C2c2cccc(OC)c2)cc1. The van der Waals surface area contributed by atoms with E-state index in [-0.39, 0.29) is 16.5 Å². The molecule has 1 atom stereocenters. The Morgan fingerprint density at radius 3 is 2.51 bits per heavy atom. The zero-order chi connectivity index (χ0) is 28.8. The molecular weight excluding hydrogens is 558 g/mol. The average molecular weight is 588 g/mol. The summed E-state index contributed by atoms with van der Waals surface area (Å²) in [6.07, 6.45) is 1.95. The highest BCUT2D eigenvalue weighted by molar-refractivity contribution is 8.00. The number of Topliss-reactive ketones (excluding diaryl/α,β-unsaturated/α-hetero) is 1. The van der Waals surface area contributed by atoms with E-state index in [0.717, 1.165) is 18.4 Å². The van der Waals surface area contributed by atoms with Crippen molar-refractivity contribution < 1.29 is 24.2 Å². The van der Waals surface area contributed by atoms with E-state index in [1.807, 2.05) is 30.3 Å². The van der Waals surface area contributed by atoms with Crippen LogP contribution in [0.25, 0.3) is 5.76 Å². The van der Waals surface area contributed by atoms with Crippen LogP contribution < -0.4 is 14.4 Å². The summed E-state index contributed by atoms with van der Waals surface area (Å²) in [5.41, 5.74) is 2.10. The molecule has 4 aromatic rings. The summed E-state index contributed by atoms with van der Waals surface area (Å²) in [5.74, 6) is 0.0438. The molecule has 1 saturated heterocycles. The second kappa shape index (κ2) is 13.0. The number of methoxy groups -OCH3 is 1. The fraction of sp³-hybridized carbons (Fsp3) is 0.226. The van der Waals surface area contributed by atoms with Crippen molar-refractivity contribution in [2.24, 2.45) is 0 Å². The summed E-state index contributed by atoms with van der Waals surface area (Å²) >= 11 is 2.73. The third kappa shape index (κ3) is 6.28. The summed E-state index contributed by atoms with van der Waals surface area (Å²) in [4.78, 5) is 28.3. The minimum absolute atomic E-state index is 0.0309. The normalized spacial score (nSPS) is 16.2. The van der Waals surface area contributed by atoms with E-state index >= 15 is 0 Å². The van der Waals surface area contributed by atoms with Crippen LogP contribution in [0.2, 0.25) is 0 Å². The number of hydrogen-bond donors (Lipinski definition) is 1.